The monoisotopic (exact) mass is 436 g/mol. The summed E-state index contributed by atoms with van der Waals surface area (Å²) >= 11 is 2.96. The smallest absolute Gasteiger partial charge is 0.275 e. The molecular formula is C22H20N4O2S2. The highest BCUT2D eigenvalue weighted by Crippen LogP contribution is 2.30. The quantitative estimate of drug-likeness (QED) is 0.448. The minimum atomic E-state index is -0.174. The van der Waals surface area contributed by atoms with Crippen molar-refractivity contribution in [3.05, 3.63) is 86.8 Å². The Morgan fingerprint density at radius 2 is 2.00 bits per heavy atom. The first kappa shape index (κ1) is 20.3. The van der Waals surface area contributed by atoms with E-state index in [0.717, 1.165) is 27.6 Å². The third kappa shape index (κ3) is 4.44. The molecule has 0 atom stereocenters. The molecule has 0 unspecified atom stereocenters. The summed E-state index contributed by atoms with van der Waals surface area (Å²) in [5, 5.41) is 8.15. The summed E-state index contributed by atoms with van der Waals surface area (Å²) in [4.78, 5) is 31.1. The molecule has 0 aliphatic heterocycles. The molecule has 6 nitrogen and oxygen atoms in total. The van der Waals surface area contributed by atoms with Gasteiger partial charge in [0.2, 0.25) is 4.96 Å². The predicted molar refractivity (Wildman–Crippen MR) is 122 cm³/mol. The summed E-state index contributed by atoms with van der Waals surface area (Å²) in [5.41, 5.74) is 2.90. The molecule has 0 radical (unpaired) electrons. The van der Waals surface area contributed by atoms with Crippen molar-refractivity contribution in [1.29, 1.82) is 0 Å². The van der Waals surface area contributed by atoms with Crippen LogP contribution in [0.5, 0.6) is 0 Å². The number of nitrogens with zero attached hydrogens (tertiary/aromatic N) is 3. The van der Waals surface area contributed by atoms with E-state index < -0.39 is 0 Å². The maximum atomic E-state index is 12.6. The predicted octanol–water partition coefficient (Wildman–Crippen LogP) is 4.57. The van der Waals surface area contributed by atoms with Gasteiger partial charge in [-0.15, -0.1) is 11.8 Å². The number of rotatable bonds is 6. The van der Waals surface area contributed by atoms with Crippen LogP contribution >= 0.6 is 23.1 Å². The van der Waals surface area contributed by atoms with E-state index in [1.165, 1.54) is 33.7 Å². The van der Waals surface area contributed by atoms with Crippen LogP contribution in [-0.4, -0.2) is 20.5 Å². The summed E-state index contributed by atoms with van der Waals surface area (Å²) in [6.45, 7) is 3.96. The van der Waals surface area contributed by atoms with Crippen LogP contribution in [-0.2, 0) is 12.2 Å². The van der Waals surface area contributed by atoms with Crippen molar-refractivity contribution in [1.82, 2.24) is 14.6 Å². The Balaban J connectivity index is 1.53. The second kappa shape index (κ2) is 8.81. The van der Waals surface area contributed by atoms with Gasteiger partial charge in [0.05, 0.1) is 11.4 Å². The molecule has 2 aromatic carbocycles. The third-order valence-corrected chi connectivity index (χ3v) is 6.59. The van der Waals surface area contributed by atoms with Gasteiger partial charge in [-0.1, -0.05) is 48.1 Å². The van der Waals surface area contributed by atoms with Gasteiger partial charge in [0.15, 0.2) is 0 Å². The molecule has 0 saturated carbocycles. The molecule has 0 bridgehead atoms. The Kier molecular flexibility index (Phi) is 5.96. The van der Waals surface area contributed by atoms with Gasteiger partial charge in [-0.25, -0.2) is 4.98 Å². The highest BCUT2D eigenvalue weighted by atomic mass is 32.2. The number of amides is 1. The molecule has 0 aliphatic carbocycles. The van der Waals surface area contributed by atoms with E-state index in [1.54, 1.807) is 6.07 Å². The second-order valence-corrected chi connectivity index (χ2v) is 8.80. The maximum absolute atomic E-state index is 12.6. The molecule has 0 spiro atoms. The van der Waals surface area contributed by atoms with Crippen molar-refractivity contribution in [2.45, 2.75) is 30.9 Å². The average Bonchev–Trinajstić information content (AvgIpc) is 3.17. The standard InChI is InChI=1S/C22H20N4O2S2/c1-3-19-25-26-20(27)12-16(23-22(26)30-19)13-29-18-10-5-4-9-17(18)24-21(28)15-8-6-7-14(2)11-15/h4-12H,3,13H2,1-2H3,(H,24,28). The molecule has 2 heterocycles. The van der Waals surface area contributed by atoms with Crippen LogP contribution in [0.25, 0.3) is 4.96 Å². The Hall–Kier alpha value is -2.97. The zero-order valence-corrected chi connectivity index (χ0v) is 18.2. The number of hydrogen-bond donors (Lipinski definition) is 1. The van der Waals surface area contributed by atoms with Gasteiger partial charge < -0.3 is 5.32 Å². The van der Waals surface area contributed by atoms with Crippen LogP contribution in [0.2, 0.25) is 0 Å². The number of carbonyl (C=O) groups is 1. The van der Waals surface area contributed by atoms with Gasteiger partial charge in [0, 0.05) is 22.3 Å². The van der Waals surface area contributed by atoms with Gasteiger partial charge in [-0.05, 0) is 37.6 Å². The highest BCUT2D eigenvalue weighted by molar-refractivity contribution is 7.98. The van der Waals surface area contributed by atoms with Crippen molar-refractivity contribution in [2.75, 3.05) is 5.32 Å². The highest BCUT2D eigenvalue weighted by Gasteiger charge is 2.12. The average molecular weight is 437 g/mol. The van der Waals surface area contributed by atoms with Gasteiger partial charge in [0.25, 0.3) is 11.5 Å². The van der Waals surface area contributed by atoms with Gasteiger partial charge >= 0.3 is 0 Å². The van der Waals surface area contributed by atoms with E-state index in [0.29, 0.717) is 22.0 Å². The summed E-state index contributed by atoms with van der Waals surface area (Å²) in [7, 11) is 0. The number of nitrogens with one attached hydrogen (secondary N) is 1. The van der Waals surface area contributed by atoms with Crippen LogP contribution in [0.1, 0.15) is 33.5 Å². The number of fused-ring (bicyclic) bond motifs is 1. The van der Waals surface area contributed by atoms with E-state index >= 15 is 0 Å². The van der Waals surface area contributed by atoms with Crippen molar-refractivity contribution in [3.63, 3.8) is 0 Å². The molecule has 8 heteroatoms. The molecule has 30 heavy (non-hydrogen) atoms. The van der Waals surface area contributed by atoms with E-state index in [1.807, 2.05) is 56.3 Å². The number of carbonyl (C=O) groups excluding carboxylic acids is 1. The molecular weight excluding hydrogens is 416 g/mol. The minimum Gasteiger partial charge on any atom is -0.321 e. The normalized spacial score (nSPS) is 11.0. The lowest BCUT2D eigenvalue weighted by atomic mass is 10.1. The van der Waals surface area contributed by atoms with Crippen LogP contribution in [0.4, 0.5) is 5.69 Å². The zero-order valence-electron chi connectivity index (χ0n) is 16.6. The number of benzene rings is 2. The fraction of sp³-hybridized carbons (Fsp3) is 0.182. The van der Waals surface area contributed by atoms with Crippen LogP contribution < -0.4 is 10.9 Å². The molecule has 1 amide bonds. The molecule has 0 saturated heterocycles. The molecule has 0 aliphatic rings. The lowest BCUT2D eigenvalue weighted by Crippen LogP contribution is -2.15. The molecule has 4 rings (SSSR count). The Bertz CT molecular complexity index is 1280. The number of anilines is 1. The molecule has 2 aromatic heterocycles. The summed E-state index contributed by atoms with van der Waals surface area (Å²) in [6, 6.07) is 16.6. The van der Waals surface area contributed by atoms with Crippen LogP contribution in [0.3, 0.4) is 0 Å². The van der Waals surface area contributed by atoms with Crippen LogP contribution in [0, 0.1) is 6.92 Å². The number of hydrogen-bond acceptors (Lipinski definition) is 6. The SMILES string of the molecule is CCc1nn2c(=O)cc(CSc3ccccc3NC(=O)c3cccc(C)c3)nc2s1. The Morgan fingerprint density at radius 3 is 2.80 bits per heavy atom. The van der Waals surface area contributed by atoms with Crippen LogP contribution in [0.15, 0.2) is 64.3 Å². The third-order valence-electron chi connectivity index (χ3n) is 4.43. The van der Waals surface area contributed by atoms with Gasteiger partial charge in [0.1, 0.15) is 5.01 Å². The second-order valence-electron chi connectivity index (χ2n) is 6.74. The first-order chi connectivity index (χ1) is 14.5. The summed E-state index contributed by atoms with van der Waals surface area (Å²) in [6.07, 6.45) is 0.769. The number of aryl methyl sites for hydroxylation is 2. The Morgan fingerprint density at radius 1 is 1.17 bits per heavy atom. The molecule has 1 N–H and O–H groups in total. The van der Waals surface area contributed by atoms with E-state index in [-0.39, 0.29) is 11.5 Å². The fourth-order valence-electron chi connectivity index (χ4n) is 2.94. The first-order valence-corrected chi connectivity index (χ1v) is 11.3. The van der Waals surface area contributed by atoms with Crippen molar-refractivity contribution >= 4 is 39.7 Å². The summed E-state index contributed by atoms with van der Waals surface area (Å²) < 4.78 is 1.35. The molecule has 4 aromatic rings. The van der Waals surface area contributed by atoms with E-state index in [9.17, 15) is 9.59 Å². The lowest BCUT2D eigenvalue weighted by Gasteiger charge is -2.11. The van der Waals surface area contributed by atoms with Crippen molar-refractivity contribution in [2.24, 2.45) is 0 Å². The topological polar surface area (TPSA) is 76.4 Å². The maximum Gasteiger partial charge on any atom is 0.275 e. The zero-order chi connectivity index (χ0) is 21.1. The van der Waals surface area contributed by atoms with E-state index in [2.05, 4.69) is 15.4 Å². The Labute approximate surface area is 182 Å². The van der Waals surface area contributed by atoms with Gasteiger partial charge in [-0.3, -0.25) is 9.59 Å². The van der Waals surface area contributed by atoms with Crippen molar-refractivity contribution in [3.8, 4) is 0 Å². The minimum absolute atomic E-state index is 0.152. The molecule has 152 valence electrons. The fourth-order valence-corrected chi connectivity index (χ4v) is 4.70. The number of thioether (sulfide) groups is 1. The summed E-state index contributed by atoms with van der Waals surface area (Å²) in [5.74, 6) is 0.365. The largest absolute Gasteiger partial charge is 0.321 e. The van der Waals surface area contributed by atoms with Gasteiger partial charge in [-0.2, -0.15) is 9.61 Å². The lowest BCUT2D eigenvalue weighted by molar-refractivity contribution is 0.102. The van der Waals surface area contributed by atoms with Crippen molar-refractivity contribution < 1.29 is 4.79 Å². The van der Waals surface area contributed by atoms with E-state index in [4.69, 9.17) is 0 Å². The number of para-hydroxylation sites is 1. The first-order valence-electron chi connectivity index (χ1n) is 9.52. The molecule has 0 fully saturated rings. The number of aromatic nitrogens is 3.